The van der Waals surface area contributed by atoms with Crippen LogP contribution < -0.4 is 19.7 Å². The second kappa shape index (κ2) is 13.1. The Morgan fingerprint density at radius 2 is 1.83 bits per heavy atom. The van der Waals surface area contributed by atoms with Gasteiger partial charge in [0.15, 0.2) is 0 Å². The maximum Gasteiger partial charge on any atom is 0.337 e. The fraction of sp³-hybridized carbons (Fsp3) is 0.281. The summed E-state index contributed by atoms with van der Waals surface area (Å²) in [6.07, 6.45) is 7.68. The molecule has 3 aromatic rings. The third kappa shape index (κ3) is 7.51. The SMILES string of the molecule is COC(=O)c1cccc(OCC2CCN(c3ccc(NC(=O)c4ccc(OC5=CCC(F)C=C5)cc4)cn3)CC2)c1. The Kier molecular flexibility index (Phi) is 8.93. The molecular weight excluding hydrogens is 525 g/mol. The number of esters is 1. The number of halogens is 1. The van der Waals surface area contributed by atoms with Crippen molar-refractivity contribution < 1.29 is 28.2 Å². The summed E-state index contributed by atoms with van der Waals surface area (Å²) >= 11 is 0. The van der Waals surface area contributed by atoms with Crippen molar-refractivity contribution in [3.8, 4) is 11.5 Å². The second-order valence-electron chi connectivity index (χ2n) is 9.96. The molecule has 0 bridgehead atoms. The summed E-state index contributed by atoms with van der Waals surface area (Å²) < 4.78 is 29.6. The molecule has 1 fully saturated rings. The first-order valence-electron chi connectivity index (χ1n) is 13.6. The molecule has 2 aliphatic rings. The van der Waals surface area contributed by atoms with Crippen molar-refractivity contribution in [3.63, 3.8) is 0 Å². The van der Waals surface area contributed by atoms with Gasteiger partial charge in [0.05, 0.1) is 31.2 Å². The number of allylic oxidation sites excluding steroid dienone is 3. The van der Waals surface area contributed by atoms with E-state index in [2.05, 4.69) is 15.2 Å². The first-order chi connectivity index (χ1) is 20.0. The molecule has 9 heteroatoms. The molecule has 1 saturated heterocycles. The fourth-order valence-electron chi connectivity index (χ4n) is 4.68. The maximum atomic E-state index is 13.2. The van der Waals surface area contributed by atoms with Crippen LogP contribution >= 0.6 is 0 Å². The number of nitrogens with one attached hydrogen (secondary N) is 1. The highest BCUT2D eigenvalue weighted by atomic mass is 19.1. The van der Waals surface area contributed by atoms with Crippen molar-refractivity contribution in [2.45, 2.75) is 25.4 Å². The lowest BCUT2D eigenvalue weighted by Gasteiger charge is -2.32. The van der Waals surface area contributed by atoms with Gasteiger partial charge in [-0.2, -0.15) is 0 Å². The number of nitrogens with zero attached hydrogens (tertiary/aromatic N) is 2. The molecule has 2 heterocycles. The van der Waals surface area contributed by atoms with Crippen LogP contribution in [0.1, 0.15) is 40.0 Å². The summed E-state index contributed by atoms with van der Waals surface area (Å²) in [5, 5.41) is 2.88. The molecule has 1 aliphatic carbocycles. The zero-order valence-electron chi connectivity index (χ0n) is 22.8. The van der Waals surface area contributed by atoms with Gasteiger partial charge in [-0.1, -0.05) is 6.07 Å². The first-order valence-corrected chi connectivity index (χ1v) is 13.6. The Morgan fingerprint density at radius 3 is 2.51 bits per heavy atom. The normalized spacial score (nSPS) is 17.0. The smallest absolute Gasteiger partial charge is 0.337 e. The molecular formula is C32H32FN3O5. The molecule has 1 N–H and O–H groups in total. The lowest BCUT2D eigenvalue weighted by Crippen LogP contribution is -2.36. The molecule has 1 atom stereocenters. The van der Waals surface area contributed by atoms with Gasteiger partial charge in [-0.05, 0) is 91.6 Å². The highest BCUT2D eigenvalue weighted by molar-refractivity contribution is 6.04. The second-order valence-corrected chi connectivity index (χ2v) is 9.96. The Hall–Kier alpha value is -4.66. The zero-order valence-corrected chi connectivity index (χ0v) is 22.8. The van der Waals surface area contributed by atoms with E-state index >= 15 is 0 Å². The van der Waals surface area contributed by atoms with Gasteiger partial charge >= 0.3 is 5.97 Å². The molecule has 1 aliphatic heterocycles. The van der Waals surface area contributed by atoms with Gasteiger partial charge in [-0.15, -0.1) is 0 Å². The van der Waals surface area contributed by atoms with Crippen LogP contribution in [0.25, 0.3) is 0 Å². The monoisotopic (exact) mass is 557 g/mol. The zero-order chi connectivity index (χ0) is 28.6. The first kappa shape index (κ1) is 27.9. The summed E-state index contributed by atoms with van der Waals surface area (Å²) in [6.45, 7) is 2.28. The lowest BCUT2D eigenvalue weighted by atomic mass is 9.98. The van der Waals surface area contributed by atoms with Crippen LogP contribution in [0.5, 0.6) is 11.5 Å². The molecule has 1 amide bonds. The molecule has 0 saturated carbocycles. The topological polar surface area (TPSA) is 90.0 Å². The van der Waals surface area contributed by atoms with E-state index in [1.165, 1.54) is 13.2 Å². The molecule has 41 heavy (non-hydrogen) atoms. The quantitative estimate of drug-likeness (QED) is 0.324. The van der Waals surface area contributed by atoms with Gasteiger partial charge < -0.3 is 24.4 Å². The Morgan fingerprint density at radius 1 is 1.02 bits per heavy atom. The highest BCUT2D eigenvalue weighted by Crippen LogP contribution is 2.25. The van der Waals surface area contributed by atoms with E-state index in [1.807, 2.05) is 18.2 Å². The molecule has 5 rings (SSSR count). The number of benzene rings is 2. The number of aromatic nitrogens is 1. The maximum absolute atomic E-state index is 13.2. The third-order valence-electron chi connectivity index (χ3n) is 7.05. The largest absolute Gasteiger partial charge is 0.493 e. The molecule has 1 aromatic heterocycles. The Bertz CT molecular complexity index is 1410. The molecule has 1 unspecified atom stereocenters. The number of alkyl halides is 1. The summed E-state index contributed by atoms with van der Waals surface area (Å²) in [7, 11) is 1.36. The number of hydrogen-bond donors (Lipinski definition) is 1. The van der Waals surface area contributed by atoms with Crippen molar-refractivity contribution in [1.82, 2.24) is 4.98 Å². The van der Waals surface area contributed by atoms with E-state index in [-0.39, 0.29) is 11.9 Å². The number of ether oxygens (including phenoxy) is 3. The highest BCUT2D eigenvalue weighted by Gasteiger charge is 2.21. The summed E-state index contributed by atoms with van der Waals surface area (Å²) in [6, 6.07) is 17.6. The van der Waals surface area contributed by atoms with Crippen LogP contribution in [0.4, 0.5) is 15.9 Å². The molecule has 2 aromatic carbocycles. The number of carbonyl (C=O) groups is 2. The Balaban J connectivity index is 1.07. The average Bonchev–Trinajstić information content (AvgIpc) is 3.02. The number of pyridine rings is 1. The van der Waals surface area contributed by atoms with Crippen LogP contribution in [0.15, 0.2) is 90.8 Å². The number of rotatable bonds is 9. The minimum atomic E-state index is -0.971. The van der Waals surface area contributed by atoms with E-state index < -0.39 is 6.17 Å². The van der Waals surface area contributed by atoms with E-state index in [0.717, 1.165) is 31.7 Å². The third-order valence-corrected chi connectivity index (χ3v) is 7.05. The lowest BCUT2D eigenvalue weighted by molar-refractivity contribution is 0.0600. The minimum absolute atomic E-state index is 0.249. The Labute approximate surface area is 238 Å². The van der Waals surface area contributed by atoms with Crippen LogP contribution in [-0.4, -0.2) is 49.8 Å². The van der Waals surface area contributed by atoms with Gasteiger partial charge in [-0.3, -0.25) is 4.79 Å². The van der Waals surface area contributed by atoms with Gasteiger partial charge in [0, 0.05) is 25.1 Å². The standard InChI is InChI=1S/C32H32FN3O5/c1-39-32(38)24-3-2-4-29(19-24)40-21-22-15-17-36(18-16-22)30-14-9-26(20-34-30)35-31(37)23-5-10-27(11-6-23)41-28-12-7-25(33)8-13-28/h2-7,9-14,19-20,22,25H,8,15-18,21H2,1H3,(H,35,37). The number of amides is 1. The minimum Gasteiger partial charge on any atom is -0.493 e. The van der Waals surface area contributed by atoms with Crippen LogP contribution in [0.2, 0.25) is 0 Å². The van der Waals surface area contributed by atoms with Crippen LogP contribution in [-0.2, 0) is 4.74 Å². The number of methoxy groups -OCH3 is 1. The fourth-order valence-corrected chi connectivity index (χ4v) is 4.68. The van der Waals surface area contributed by atoms with Gasteiger partial charge in [-0.25, -0.2) is 14.2 Å². The van der Waals surface area contributed by atoms with Crippen molar-refractivity contribution >= 4 is 23.4 Å². The number of piperidine rings is 1. The van der Waals surface area contributed by atoms with Gasteiger partial charge in [0.25, 0.3) is 5.91 Å². The van der Waals surface area contributed by atoms with Gasteiger partial charge in [0.1, 0.15) is 29.2 Å². The van der Waals surface area contributed by atoms with Gasteiger partial charge in [0.2, 0.25) is 0 Å². The van der Waals surface area contributed by atoms with Crippen molar-refractivity contribution in [2.24, 2.45) is 5.92 Å². The van der Waals surface area contributed by atoms with Crippen molar-refractivity contribution in [1.29, 1.82) is 0 Å². The average molecular weight is 558 g/mol. The summed E-state index contributed by atoms with van der Waals surface area (Å²) in [5.74, 6) is 2.45. The van der Waals surface area contributed by atoms with Crippen molar-refractivity contribution in [3.05, 3.63) is 102 Å². The predicted octanol–water partition coefficient (Wildman–Crippen LogP) is 5.98. The van der Waals surface area contributed by atoms with E-state index in [4.69, 9.17) is 14.2 Å². The number of anilines is 2. The predicted molar refractivity (Wildman–Crippen MR) is 154 cm³/mol. The molecule has 0 spiro atoms. The van der Waals surface area contributed by atoms with Crippen molar-refractivity contribution in [2.75, 3.05) is 37.0 Å². The van der Waals surface area contributed by atoms with Crippen LogP contribution in [0.3, 0.4) is 0 Å². The van der Waals surface area contributed by atoms with Crippen LogP contribution in [0, 0.1) is 5.92 Å². The summed E-state index contributed by atoms with van der Waals surface area (Å²) in [4.78, 5) is 31.2. The number of carbonyl (C=O) groups excluding carboxylic acids is 2. The van der Waals surface area contributed by atoms with E-state index in [1.54, 1.807) is 60.8 Å². The molecule has 0 radical (unpaired) electrons. The van der Waals surface area contributed by atoms with E-state index in [0.29, 0.717) is 53.0 Å². The summed E-state index contributed by atoms with van der Waals surface area (Å²) in [5.41, 5.74) is 1.56. The van der Waals surface area contributed by atoms with E-state index in [9.17, 15) is 14.0 Å². The molecule has 8 nitrogen and oxygen atoms in total. The number of hydrogen-bond acceptors (Lipinski definition) is 7. The molecule has 212 valence electrons.